The number of hydrogen-bond acceptors (Lipinski definition) is 6. The van der Waals surface area contributed by atoms with Crippen LogP contribution in [0.4, 0.5) is 0 Å². The molecule has 6 heteroatoms. The molecule has 1 rings (SSSR count). The Labute approximate surface area is 115 Å². The summed E-state index contributed by atoms with van der Waals surface area (Å²) in [5.41, 5.74) is 0. The van der Waals surface area contributed by atoms with Gasteiger partial charge in [0.05, 0.1) is 13.2 Å². The van der Waals surface area contributed by atoms with E-state index in [0.29, 0.717) is 13.1 Å². The molecule has 0 aromatic heterocycles. The zero-order chi connectivity index (χ0) is 14.5. The van der Waals surface area contributed by atoms with Crippen LogP contribution in [0.2, 0.25) is 0 Å². The molecule has 0 bridgehead atoms. The third kappa shape index (κ3) is 5.72. The van der Waals surface area contributed by atoms with Gasteiger partial charge in [0.1, 0.15) is 12.2 Å². The second-order valence-corrected chi connectivity index (χ2v) is 5.70. The maximum atomic E-state index is 9.01. The maximum absolute atomic E-state index is 9.01. The average Bonchev–Trinajstić information content (AvgIpc) is 2.67. The van der Waals surface area contributed by atoms with Crippen LogP contribution in [-0.2, 0) is 9.47 Å². The first kappa shape index (κ1) is 16.8. The Balaban J connectivity index is 2.45. The minimum Gasteiger partial charge on any atom is -0.395 e. The Hall–Kier alpha value is -0.240. The zero-order valence-corrected chi connectivity index (χ0v) is 12.3. The van der Waals surface area contributed by atoms with Gasteiger partial charge in [-0.2, -0.15) is 0 Å². The van der Waals surface area contributed by atoms with Crippen molar-refractivity contribution in [2.75, 3.05) is 26.3 Å². The van der Waals surface area contributed by atoms with Crippen LogP contribution in [-0.4, -0.2) is 66.6 Å². The van der Waals surface area contributed by atoms with Crippen LogP contribution in [0.5, 0.6) is 0 Å². The van der Waals surface area contributed by atoms with E-state index in [1.807, 2.05) is 27.7 Å². The van der Waals surface area contributed by atoms with Crippen LogP contribution in [0, 0.1) is 0 Å². The van der Waals surface area contributed by atoms with Gasteiger partial charge in [-0.15, -0.1) is 0 Å². The molecular weight excluding hydrogens is 248 g/mol. The second-order valence-electron chi connectivity index (χ2n) is 5.70. The molecule has 0 aromatic carbocycles. The summed E-state index contributed by atoms with van der Waals surface area (Å²) in [5, 5.41) is 24.4. The van der Waals surface area contributed by atoms with Crippen molar-refractivity contribution in [1.82, 2.24) is 10.6 Å². The molecule has 0 aliphatic carbocycles. The standard InChI is InChI=1S/C13H28N2O4/c1-9(7-16)14-5-11-12(6-15-10(2)8-17)19-13(3,4)18-11/h9-12,14-17H,5-8H2,1-4H3/t9-,10-,11+,12+/m0/s1. The van der Waals surface area contributed by atoms with Crippen molar-refractivity contribution in [3.63, 3.8) is 0 Å². The molecule has 0 radical (unpaired) electrons. The fourth-order valence-corrected chi connectivity index (χ4v) is 2.02. The van der Waals surface area contributed by atoms with Gasteiger partial charge in [-0.25, -0.2) is 0 Å². The SMILES string of the molecule is C[C@@H](CO)NC[C@H]1OC(C)(C)O[C@@H]1CN[C@@H](C)CO. The number of aliphatic hydroxyl groups is 2. The third-order valence-electron chi connectivity index (χ3n) is 3.17. The van der Waals surface area contributed by atoms with Crippen LogP contribution < -0.4 is 10.6 Å². The molecule has 0 aromatic rings. The molecular formula is C13H28N2O4. The fourth-order valence-electron chi connectivity index (χ4n) is 2.02. The molecule has 0 saturated carbocycles. The Morgan fingerprint density at radius 3 is 1.63 bits per heavy atom. The summed E-state index contributed by atoms with van der Waals surface area (Å²) in [6.07, 6.45) is -0.134. The zero-order valence-electron chi connectivity index (χ0n) is 12.3. The van der Waals surface area contributed by atoms with Crippen molar-refractivity contribution in [2.45, 2.75) is 57.8 Å². The fraction of sp³-hybridized carbons (Fsp3) is 1.00. The van der Waals surface area contributed by atoms with E-state index in [4.69, 9.17) is 19.7 Å². The molecule has 1 saturated heterocycles. The molecule has 4 atom stereocenters. The quantitative estimate of drug-likeness (QED) is 0.476. The van der Waals surface area contributed by atoms with E-state index in [2.05, 4.69) is 10.6 Å². The predicted molar refractivity (Wildman–Crippen MR) is 72.9 cm³/mol. The number of nitrogens with one attached hydrogen (secondary N) is 2. The van der Waals surface area contributed by atoms with E-state index in [0.717, 1.165) is 0 Å². The second kappa shape index (κ2) is 7.52. The van der Waals surface area contributed by atoms with Crippen LogP contribution in [0.3, 0.4) is 0 Å². The highest BCUT2D eigenvalue weighted by molar-refractivity contribution is 4.85. The lowest BCUT2D eigenvalue weighted by Crippen LogP contribution is -2.45. The number of rotatable bonds is 8. The van der Waals surface area contributed by atoms with Gasteiger partial charge in [-0.1, -0.05) is 0 Å². The highest BCUT2D eigenvalue weighted by Gasteiger charge is 2.40. The van der Waals surface area contributed by atoms with Crippen LogP contribution in [0.15, 0.2) is 0 Å². The lowest BCUT2D eigenvalue weighted by molar-refractivity contribution is -0.145. The van der Waals surface area contributed by atoms with Crippen molar-refractivity contribution in [1.29, 1.82) is 0 Å². The van der Waals surface area contributed by atoms with Gasteiger partial charge in [0.25, 0.3) is 0 Å². The summed E-state index contributed by atoms with van der Waals surface area (Å²) in [7, 11) is 0. The Morgan fingerprint density at radius 1 is 0.947 bits per heavy atom. The molecule has 1 aliphatic rings. The molecule has 19 heavy (non-hydrogen) atoms. The molecule has 0 amide bonds. The first-order valence-corrected chi connectivity index (χ1v) is 6.92. The van der Waals surface area contributed by atoms with Crippen molar-refractivity contribution in [3.8, 4) is 0 Å². The maximum Gasteiger partial charge on any atom is 0.163 e. The van der Waals surface area contributed by atoms with Crippen molar-refractivity contribution < 1.29 is 19.7 Å². The summed E-state index contributed by atoms with van der Waals surface area (Å²) >= 11 is 0. The monoisotopic (exact) mass is 276 g/mol. The van der Waals surface area contributed by atoms with Crippen LogP contribution >= 0.6 is 0 Å². The molecule has 0 unspecified atom stereocenters. The molecule has 1 fully saturated rings. The Kier molecular flexibility index (Phi) is 6.65. The van der Waals surface area contributed by atoms with Crippen molar-refractivity contribution >= 4 is 0 Å². The lowest BCUT2D eigenvalue weighted by atomic mass is 10.2. The number of hydrogen-bond donors (Lipinski definition) is 4. The number of aliphatic hydroxyl groups excluding tert-OH is 2. The van der Waals surface area contributed by atoms with Gasteiger partial charge < -0.3 is 30.3 Å². The van der Waals surface area contributed by atoms with E-state index < -0.39 is 5.79 Å². The molecule has 114 valence electrons. The highest BCUT2D eigenvalue weighted by atomic mass is 16.8. The van der Waals surface area contributed by atoms with Crippen LogP contribution in [0.1, 0.15) is 27.7 Å². The van der Waals surface area contributed by atoms with Gasteiger partial charge in [0, 0.05) is 25.2 Å². The molecule has 1 aliphatic heterocycles. The van der Waals surface area contributed by atoms with E-state index in [1.54, 1.807) is 0 Å². The normalized spacial score (nSPS) is 29.4. The first-order chi connectivity index (χ1) is 8.88. The topological polar surface area (TPSA) is 83.0 Å². The van der Waals surface area contributed by atoms with Crippen molar-refractivity contribution in [2.24, 2.45) is 0 Å². The molecule has 0 spiro atoms. The Morgan fingerprint density at radius 2 is 1.32 bits per heavy atom. The highest BCUT2D eigenvalue weighted by Crippen LogP contribution is 2.27. The summed E-state index contributed by atoms with van der Waals surface area (Å²) < 4.78 is 11.7. The van der Waals surface area contributed by atoms with Gasteiger partial charge in [0.2, 0.25) is 0 Å². The largest absolute Gasteiger partial charge is 0.395 e. The third-order valence-corrected chi connectivity index (χ3v) is 3.17. The summed E-state index contributed by atoms with van der Waals surface area (Å²) in [4.78, 5) is 0. The van der Waals surface area contributed by atoms with E-state index in [9.17, 15) is 0 Å². The summed E-state index contributed by atoms with van der Waals surface area (Å²) in [5.74, 6) is -0.594. The Bertz CT molecular complexity index is 239. The summed E-state index contributed by atoms with van der Waals surface area (Å²) in [6, 6.07) is 0.0783. The summed E-state index contributed by atoms with van der Waals surface area (Å²) in [6.45, 7) is 9.08. The van der Waals surface area contributed by atoms with Gasteiger partial charge in [-0.3, -0.25) is 0 Å². The molecule has 6 nitrogen and oxygen atoms in total. The van der Waals surface area contributed by atoms with Gasteiger partial charge in [0.15, 0.2) is 5.79 Å². The minimum absolute atomic E-state index is 0.0392. The molecule has 4 N–H and O–H groups in total. The van der Waals surface area contributed by atoms with Gasteiger partial charge in [-0.05, 0) is 27.7 Å². The molecule has 1 heterocycles. The van der Waals surface area contributed by atoms with E-state index in [1.165, 1.54) is 0 Å². The van der Waals surface area contributed by atoms with E-state index >= 15 is 0 Å². The lowest BCUT2D eigenvalue weighted by Gasteiger charge is -2.21. The minimum atomic E-state index is -0.594. The van der Waals surface area contributed by atoms with Crippen LogP contribution in [0.25, 0.3) is 0 Å². The first-order valence-electron chi connectivity index (χ1n) is 6.92. The van der Waals surface area contributed by atoms with E-state index in [-0.39, 0.29) is 37.5 Å². The van der Waals surface area contributed by atoms with Crippen molar-refractivity contribution in [3.05, 3.63) is 0 Å². The number of ether oxygens (including phenoxy) is 2. The van der Waals surface area contributed by atoms with Gasteiger partial charge >= 0.3 is 0 Å². The average molecular weight is 276 g/mol. The smallest absolute Gasteiger partial charge is 0.163 e. The predicted octanol–water partition coefficient (Wildman–Crippen LogP) is -0.553.